The highest BCUT2D eigenvalue weighted by Crippen LogP contribution is 2.28. The Morgan fingerprint density at radius 2 is 2.03 bits per heavy atom. The zero-order valence-corrected chi connectivity index (χ0v) is 16.6. The summed E-state index contributed by atoms with van der Waals surface area (Å²) < 4.78 is 32.1. The van der Waals surface area contributed by atoms with Gasteiger partial charge in [-0.05, 0) is 19.5 Å². The van der Waals surface area contributed by atoms with Crippen LogP contribution in [0.2, 0.25) is 0 Å². The maximum atomic E-state index is 13.1. The van der Waals surface area contributed by atoms with Crippen LogP contribution in [-0.4, -0.2) is 46.7 Å². The number of likely N-dealkylation sites (N-methyl/N-ethyl adjacent to an activating group) is 1. The molecule has 0 bridgehead atoms. The molecule has 2 N–H and O–H groups in total. The number of esters is 1. The van der Waals surface area contributed by atoms with Gasteiger partial charge in [-0.25, -0.2) is 14.6 Å². The fourth-order valence-corrected chi connectivity index (χ4v) is 3.30. The molecule has 0 aliphatic carbocycles. The fraction of sp³-hybridized carbons (Fsp3) is 0.350. The van der Waals surface area contributed by atoms with E-state index in [2.05, 4.69) is 15.6 Å². The van der Waals surface area contributed by atoms with E-state index < -0.39 is 24.6 Å². The summed E-state index contributed by atoms with van der Waals surface area (Å²) in [5.74, 6) is -0.387. The lowest BCUT2D eigenvalue weighted by molar-refractivity contribution is -0.139. The number of aromatic nitrogens is 2. The van der Waals surface area contributed by atoms with Gasteiger partial charge in [-0.3, -0.25) is 9.47 Å². The van der Waals surface area contributed by atoms with E-state index in [1.165, 1.54) is 12.4 Å². The van der Waals surface area contributed by atoms with Crippen molar-refractivity contribution in [2.45, 2.75) is 26.1 Å². The van der Waals surface area contributed by atoms with Crippen molar-refractivity contribution in [2.75, 3.05) is 20.2 Å². The Morgan fingerprint density at radius 3 is 2.70 bits per heavy atom. The van der Waals surface area contributed by atoms with Crippen molar-refractivity contribution in [1.82, 2.24) is 25.1 Å². The molecule has 1 aromatic carbocycles. The van der Waals surface area contributed by atoms with Crippen LogP contribution in [0.1, 0.15) is 30.9 Å². The molecule has 10 heteroatoms. The van der Waals surface area contributed by atoms with E-state index in [0.717, 1.165) is 10.1 Å². The number of ether oxygens (including phenoxy) is 1. The number of nitrogens with one attached hydrogen (secondary N) is 2. The number of hydrogen-bond donors (Lipinski definition) is 2. The Kier molecular flexibility index (Phi) is 6.78. The van der Waals surface area contributed by atoms with E-state index in [9.17, 15) is 18.4 Å². The van der Waals surface area contributed by atoms with Gasteiger partial charge in [0.15, 0.2) is 0 Å². The average Bonchev–Trinajstić information content (AvgIpc) is 3.16. The lowest BCUT2D eigenvalue weighted by atomic mass is 9.95. The predicted octanol–water partition coefficient (Wildman–Crippen LogP) is 2.58. The van der Waals surface area contributed by atoms with Crippen molar-refractivity contribution in [1.29, 1.82) is 0 Å². The third-order valence-electron chi connectivity index (χ3n) is 4.58. The van der Waals surface area contributed by atoms with Crippen molar-refractivity contribution in [3.05, 3.63) is 65.4 Å². The van der Waals surface area contributed by atoms with Gasteiger partial charge >= 0.3 is 18.5 Å². The maximum Gasteiger partial charge on any atom is 0.338 e. The molecule has 0 spiro atoms. The summed E-state index contributed by atoms with van der Waals surface area (Å²) >= 11 is 0. The summed E-state index contributed by atoms with van der Waals surface area (Å²) in [6.45, 7) is -0.614. The van der Waals surface area contributed by atoms with Gasteiger partial charge in [-0.15, -0.1) is 0 Å². The average molecular weight is 419 g/mol. The van der Waals surface area contributed by atoms with Gasteiger partial charge in [-0.2, -0.15) is 8.78 Å². The quantitative estimate of drug-likeness (QED) is 0.642. The minimum atomic E-state index is -2.70. The number of rotatable bonds is 8. The number of nitrogens with zero attached hydrogens (tertiary/aromatic N) is 3. The van der Waals surface area contributed by atoms with Crippen LogP contribution in [0.25, 0.3) is 0 Å². The number of imidazole rings is 1. The molecular weight excluding hydrogens is 396 g/mol. The molecule has 2 amide bonds. The highest BCUT2D eigenvalue weighted by molar-refractivity contribution is 5.95. The molecule has 0 fully saturated rings. The Labute approximate surface area is 172 Å². The Balaban J connectivity index is 1.91. The highest BCUT2D eigenvalue weighted by Gasteiger charge is 2.34. The second-order valence-electron chi connectivity index (χ2n) is 6.76. The number of alkyl halides is 2. The van der Waals surface area contributed by atoms with Crippen molar-refractivity contribution >= 4 is 12.0 Å². The SMILES string of the molecule is CCOC(=O)C1=C(CN(C)Cc2nccn2C(F)F)NC(=O)NC1c1ccccc1. The first kappa shape index (κ1) is 21.4. The monoisotopic (exact) mass is 419 g/mol. The second kappa shape index (κ2) is 9.49. The van der Waals surface area contributed by atoms with Crippen LogP contribution < -0.4 is 10.6 Å². The van der Waals surface area contributed by atoms with Crippen LogP contribution >= 0.6 is 0 Å². The first-order valence-corrected chi connectivity index (χ1v) is 9.41. The Bertz CT molecular complexity index is 930. The minimum absolute atomic E-state index is 0.0935. The van der Waals surface area contributed by atoms with Crippen LogP contribution in [0.3, 0.4) is 0 Å². The van der Waals surface area contributed by atoms with Gasteiger partial charge in [0.1, 0.15) is 5.82 Å². The zero-order chi connectivity index (χ0) is 21.7. The number of halogens is 2. The van der Waals surface area contributed by atoms with Gasteiger partial charge in [0, 0.05) is 24.6 Å². The third kappa shape index (κ3) is 4.82. The molecule has 3 rings (SSSR count). The molecule has 0 saturated heterocycles. The normalized spacial score (nSPS) is 16.6. The number of hydrogen-bond acceptors (Lipinski definition) is 5. The Hall–Kier alpha value is -3.27. The maximum absolute atomic E-state index is 13.1. The van der Waals surface area contributed by atoms with Crippen LogP contribution in [-0.2, 0) is 16.1 Å². The van der Waals surface area contributed by atoms with Crippen molar-refractivity contribution < 1.29 is 23.1 Å². The van der Waals surface area contributed by atoms with Crippen LogP contribution in [0.5, 0.6) is 0 Å². The summed E-state index contributed by atoms with van der Waals surface area (Å²) in [5.41, 5.74) is 1.35. The molecule has 0 radical (unpaired) electrons. The molecule has 1 aliphatic heterocycles. The van der Waals surface area contributed by atoms with E-state index in [-0.39, 0.29) is 31.1 Å². The predicted molar refractivity (Wildman–Crippen MR) is 104 cm³/mol. The molecular formula is C20H23F2N5O3. The van der Waals surface area contributed by atoms with Gasteiger partial charge in [-0.1, -0.05) is 30.3 Å². The standard InChI is InChI=1S/C20H23F2N5O3/c1-3-30-18(28)16-14(11-26(2)12-15-23-9-10-27(15)19(21)22)24-20(29)25-17(16)13-7-5-4-6-8-13/h4-10,17,19H,3,11-12H2,1-2H3,(H2,24,25,29). The lowest BCUT2D eigenvalue weighted by Crippen LogP contribution is -2.48. The van der Waals surface area contributed by atoms with Crippen molar-refractivity contribution in [3.8, 4) is 0 Å². The van der Waals surface area contributed by atoms with Gasteiger partial charge in [0.25, 0.3) is 0 Å². The van der Waals surface area contributed by atoms with Crippen molar-refractivity contribution in [3.63, 3.8) is 0 Å². The smallest absolute Gasteiger partial charge is 0.338 e. The molecule has 2 heterocycles. The largest absolute Gasteiger partial charge is 0.463 e. The van der Waals surface area contributed by atoms with Crippen LogP contribution in [0, 0.1) is 0 Å². The number of benzene rings is 1. The van der Waals surface area contributed by atoms with E-state index in [1.54, 1.807) is 31.0 Å². The third-order valence-corrected chi connectivity index (χ3v) is 4.58. The summed E-state index contributed by atoms with van der Waals surface area (Å²) in [4.78, 5) is 30.7. The summed E-state index contributed by atoms with van der Waals surface area (Å²) in [5, 5.41) is 5.42. The molecule has 160 valence electrons. The van der Waals surface area contributed by atoms with Gasteiger partial charge < -0.3 is 15.4 Å². The molecule has 0 saturated carbocycles. The Morgan fingerprint density at radius 1 is 1.30 bits per heavy atom. The van der Waals surface area contributed by atoms with E-state index in [4.69, 9.17) is 4.74 Å². The highest BCUT2D eigenvalue weighted by atomic mass is 19.3. The number of carbonyl (C=O) groups is 2. The number of carbonyl (C=O) groups excluding carboxylic acids is 2. The minimum Gasteiger partial charge on any atom is -0.463 e. The number of urea groups is 1. The van der Waals surface area contributed by atoms with Crippen molar-refractivity contribution in [2.24, 2.45) is 0 Å². The van der Waals surface area contributed by atoms with Gasteiger partial charge in [0.05, 0.1) is 24.8 Å². The summed E-state index contributed by atoms with van der Waals surface area (Å²) in [6, 6.07) is 7.90. The van der Waals surface area contributed by atoms with E-state index >= 15 is 0 Å². The first-order valence-electron chi connectivity index (χ1n) is 9.41. The van der Waals surface area contributed by atoms with E-state index in [1.807, 2.05) is 18.2 Å². The number of amides is 2. The first-order chi connectivity index (χ1) is 14.4. The zero-order valence-electron chi connectivity index (χ0n) is 16.6. The van der Waals surface area contributed by atoms with Gasteiger partial charge in [0.2, 0.25) is 0 Å². The molecule has 1 atom stereocenters. The summed E-state index contributed by atoms with van der Waals surface area (Å²) in [6.07, 6.45) is 2.51. The lowest BCUT2D eigenvalue weighted by Gasteiger charge is -2.31. The second-order valence-corrected chi connectivity index (χ2v) is 6.76. The van der Waals surface area contributed by atoms with Crippen LogP contribution in [0.15, 0.2) is 54.0 Å². The molecule has 1 aliphatic rings. The van der Waals surface area contributed by atoms with E-state index in [0.29, 0.717) is 5.70 Å². The molecule has 1 unspecified atom stereocenters. The molecule has 8 nitrogen and oxygen atoms in total. The fourth-order valence-electron chi connectivity index (χ4n) is 3.30. The molecule has 2 aromatic rings. The molecule has 30 heavy (non-hydrogen) atoms. The summed E-state index contributed by atoms with van der Waals surface area (Å²) in [7, 11) is 1.69. The van der Waals surface area contributed by atoms with Crippen LogP contribution in [0.4, 0.5) is 13.6 Å². The topological polar surface area (TPSA) is 88.5 Å². The molecule has 1 aromatic heterocycles.